The van der Waals surface area contributed by atoms with Gasteiger partial charge in [0.05, 0.1) is 9.88 Å². The molecule has 1 aromatic heterocycles. The average molecular weight is 282 g/mol. The van der Waals surface area contributed by atoms with Crippen LogP contribution in [-0.4, -0.2) is 16.1 Å². The Labute approximate surface area is 114 Å². The average Bonchev–Trinajstić information content (AvgIpc) is 2.74. The van der Waals surface area contributed by atoms with Gasteiger partial charge in [-0.15, -0.1) is 11.3 Å². The quantitative estimate of drug-likeness (QED) is 0.917. The number of carbonyl (C=O) groups is 1. The first-order valence-electron chi connectivity index (χ1n) is 5.61. The zero-order chi connectivity index (χ0) is 13.1. The van der Waals surface area contributed by atoms with E-state index in [-0.39, 0.29) is 5.69 Å². The number of rotatable bonds is 4. The first-order chi connectivity index (χ1) is 8.63. The minimum absolute atomic E-state index is 0.0940. The van der Waals surface area contributed by atoms with Crippen molar-refractivity contribution in [2.45, 2.75) is 19.8 Å². The van der Waals surface area contributed by atoms with Gasteiger partial charge in [0.1, 0.15) is 0 Å². The summed E-state index contributed by atoms with van der Waals surface area (Å²) in [5.41, 5.74) is 0.827. The fourth-order valence-corrected chi connectivity index (χ4v) is 3.14. The number of nitrogens with zero attached hydrogens (tertiary/aromatic N) is 1. The highest BCUT2D eigenvalue weighted by molar-refractivity contribution is 7.15. The van der Waals surface area contributed by atoms with Crippen LogP contribution >= 0.6 is 22.9 Å². The predicted octanol–water partition coefficient (Wildman–Crippen LogP) is 4.11. The second-order valence-corrected chi connectivity index (χ2v) is 5.31. The number of aryl methyl sites for hydroxylation is 1. The zero-order valence-electron chi connectivity index (χ0n) is 9.81. The van der Waals surface area contributed by atoms with E-state index in [1.807, 2.05) is 25.1 Å². The van der Waals surface area contributed by atoms with E-state index in [4.69, 9.17) is 11.6 Å². The van der Waals surface area contributed by atoms with Crippen LogP contribution in [0.1, 0.15) is 28.8 Å². The van der Waals surface area contributed by atoms with Crippen LogP contribution in [-0.2, 0) is 6.42 Å². The van der Waals surface area contributed by atoms with Crippen molar-refractivity contribution in [2.75, 3.05) is 0 Å². The minimum Gasteiger partial charge on any atom is -0.476 e. The van der Waals surface area contributed by atoms with Crippen molar-refractivity contribution in [3.05, 3.63) is 40.0 Å². The van der Waals surface area contributed by atoms with E-state index in [1.54, 1.807) is 6.07 Å². The van der Waals surface area contributed by atoms with E-state index in [2.05, 4.69) is 4.98 Å². The van der Waals surface area contributed by atoms with Crippen LogP contribution in [0.2, 0.25) is 5.02 Å². The normalized spacial score (nSPS) is 10.6. The molecule has 0 amide bonds. The van der Waals surface area contributed by atoms with Gasteiger partial charge in [0.15, 0.2) is 5.69 Å². The van der Waals surface area contributed by atoms with Crippen LogP contribution in [0.4, 0.5) is 0 Å². The van der Waals surface area contributed by atoms with Gasteiger partial charge < -0.3 is 5.11 Å². The summed E-state index contributed by atoms with van der Waals surface area (Å²) in [6, 6.07) is 7.23. The van der Waals surface area contributed by atoms with Crippen molar-refractivity contribution in [3.8, 4) is 10.4 Å². The maximum absolute atomic E-state index is 11.2. The minimum atomic E-state index is -1.01. The highest BCUT2D eigenvalue weighted by Crippen LogP contribution is 2.35. The molecule has 0 fully saturated rings. The largest absolute Gasteiger partial charge is 0.476 e. The molecule has 2 rings (SSSR count). The maximum atomic E-state index is 11.2. The van der Waals surface area contributed by atoms with Gasteiger partial charge in [0.25, 0.3) is 0 Å². The molecule has 0 radical (unpaired) electrons. The Morgan fingerprint density at radius 3 is 2.78 bits per heavy atom. The lowest BCUT2D eigenvalue weighted by Crippen LogP contribution is -1.99. The second kappa shape index (κ2) is 5.50. The third-order valence-electron chi connectivity index (χ3n) is 2.46. The van der Waals surface area contributed by atoms with Gasteiger partial charge in [-0.3, -0.25) is 0 Å². The number of hydrogen-bond donors (Lipinski definition) is 1. The van der Waals surface area contributed by atoms with Crippen molar-refractivity contribution in [3.63, 3.8) is 0 Å². The number of carboxylic acids is 1. The van der Waals surface area contributed by atoms with Crippen LogP contribution in [0.5, 0.6) is 0 Å². The molecule has 2 aromatic rings. The lowest BCUT2D eigenvalue weighted by Gasteiger charge is -2.01. The van der Waals surface area contributed by atoms with Gasteiger partial charge in [-0.05, 0) is 18.9 Å². The Kier molecular flexibility index (Phi) is 3.99. The monoisotopic (exact) mass is 281 g/mol. The Morgan fingerprint density at radius 2 is 2.17 bits per heavy atom. The first kappa shape index (κ1) is 13.1. The maximum Gasteiger partial charge on any atom is 0.356 e. The van der Waals surface area contributed by atoms with Crippen LogP contribution in [0.25, 0.3) is 10.4 Å². The molecule has 1 N–H and O–H groups in total. The van der Waals surface area contributed by atoms with Crippen LogP contribution in [0.3, 0.4) is 0 Å². The van der Waals surface area contributed by atoms with E-state index in [0.717, 1.165) is 23.4 Å². The van der Waals surface area contributed by atoms with Gasteiger partial charge in [-0.1, -0.05) is 36.7 Å². The van der Waals surface area contributed by atoms with Crippen molar-refractivity contribution in [1.29, 1.82) is 0 Å². The molecule has 94 valence electrons. The van der Waals surface area contributed by atoms with Crippen molar-refractivity contribution >= 4 is 28.9 Å². The van der Waals surface area contributed by atoms with E-state index in [9.17, 15) is 9.90 Å². The summed E-state index contributed by atoms with van der Waals surface area (Å²) in [5.74, 6) is -1.01. The summed E-state index contributed by atoms with van der Waals surface area (Å²) in [6.07, 6.45) is 1.73. The molecule has 3 nitrogen and oxygen atoms in total. The standard InChI is InChI=1S/C13H12ClNO2S/c1-2-5-10-15-11(13(16)17)12(18-10)8-6-3-4-7-9(8)14/h3-4,6-7H,2,5H2,1H3,(H,16,17). The molecule has 1 aromatic carbocycles. The summed E-state index contributed by atoms with van der Waals surface area (Å²) in [4.78, 5) is 16.0. The number of aromatic nitrogens is 1. The lowest BCUT2D eigenvalue weighted by atomic mass is 10.1. The topological polar surface area (TPSA) is 50.2 Å². The molecule has 0 aliphatic carbocycles. The van der Waals surface area contributed by atoms with Crippen LogP contribution in [0, 0.1) is 0 Å². The Morgan fingerprint density at radius 1 is 1.44 bits per heavy atom. The summed E-state index contributed by atoms with van der Waals surface area (Å²) in [5, 5.41) is 10.6. The third kappa shape index (κ3) is 2.54. The molecule has 0 saturated carbocycles. The van der Waals surface area contributed by atoms with Gasteiger partial charge in [-0.25, -0.2) is 9.78 Å². The SMILES string of the molecule is CCCc1nc(C(=O)O)c(-c2ccccc2Cl)s1. The van der Waals surface area contributed by atoms with E-state index < -0.39 is 5.97 Å². The summed E-state index contributed by atoms with van der Waals surface area (Å²) in [7, 11) is 0. The molecule has 0 aliphatic rings. The molecule has 18 heavy (non-hydrogen) atoms. The fourth-order valence-electron chi connectivity index (χ4n) is 1.66. The summed E-state index contributed by atoms with van der Waals surface area (Å²) >= 11 is 7.51. The van der Waals surface area contributed by atoms with Gasteiger partial charge in [-0.2, -0.15) is 0 Å². The van der Waals surface area contributed by atoms with Crippen molar-refractivity contribution in [2.24, 2.45) is 0 Å². The van der Waals surface area contributed by atoms with Crippen LogP contribution < -0.4 is 0 Å². The smallest absolute Gasteiger partial charge is 0.356 e. The first-order valence-corrected chi connectivity index (χ1v) is 6.80. The second-order valence-electron chi connectivity index (χ2n) is 3.82. The molecule has 0 bridgehead atoms. The van der Waals surface area contributed by atoms with Gasteiger partial charge >= 0.3 is 5.97 Å². The molecule has 0 spiro atoms. The predicted molar refractivity (Wildman–Crippen MR) is 73.5 cm³/mol. The fraction of sp³-hybridized carbons (Fsp3) is 0.231. The number of halogens is 1. The highest BCUT2D eigenvalue weighted by Gasteiger charge is 2.19. The molecule has 1 heterocycles. The van der Waals surface area contributed by atoms with E-state index >= 15 is 0 Å². The zero-order valence-corrected chi connectivity index (χ0v) is 11.4. The molecular formula is C13H12ClNO2S. The van der Waals surface area contributed by atoms with E-state index in [1.165, 1.54) is 11.3 Å². The van der Waals surface area contributed by atoms with Crippen molar-refractivity contribution in [1.82, 2.24) is 4.98 Å². The molecule has 0 atom stereocenters. The number of carboxylic acid groups (broad SMARTS) is 1. The number of hydrogen-bond acceptors (Lipinski definition) is 3. The van der Waals surface area contributed by atoms with Crippen molar-refractivity contribution < 1.29 is 9.90 Å². The lowest BCUT2D eigenvalue weighted by molar-refractivity contribution is 0.0692. The van der Waals surface area contributed by atoms with Gasteiger partial charge in [0, 0.05) is 10.6 Å². The number of aromatic carboxylic acids is 1. The summed E-state index contributed by atoms with van der Waals surface area (Å²) in [6.45, 7) is 2.04. The Hall–Kier alpha value is -1.39. The summed E-state index contributed by atoms with van der Waals surface area (Å²) < 4.78 is 0. The number of thiazole rings is 1. The molecule has 0 aliphatic heterocycles. The molecule has 0 saturated heterocycles. The highest BCUT2D eigenvalue weighted by atomic mass is 35.5. The Balaban J connectivity index is 2.55. The molecular weight excluding hydrogens is 270 g/mol. The van der Waals surface area contributed by atoms with Gasteiger partial charge in [0.2, 0.25) is 0 Å². The number of benzene rings is 1. The Bertz CT molecular complexity index is 580. The third-order valence-corrected chi connectivity index (χ3v) is 3.93. The molecule has 5 heteroatoms. The van der Waals surface area contributed by atoms with E-state index in [0.29, 0.717) is 9.90 Å². The molecule has 0 unspecified atom stereocenters. The van der Waals surface area contributed by atoms with Crippen LogP contribution in [0.15, 0.2) is 24.3 Å².